The summed E-state index contributed by atoms with van der Waals surface area (Å²) in [4.78, 5) is 19.3. The minimum absolute atomic E-state index is 0.102. The van der Waals surface area contributed by atoms with Gasteiger partial charge in [-0.05, 0) is 55.7 Å². The van der Waals surface area contributed by atoms with E-state index in [1.54, 1.807) is 12.3 Å². The molecule has 1 aliphatic heterocycles. The van der Waals surface area contributed by atoms with E-state index in [4.69, 9.17) is 0 Å². The predicted octanol–water partition coefficient (Wildman–Crippen LogP) is 4.79. The van der Waals surface area contributed by atoms with Gasteiger partial charge in [-0.3, -0.25) is 4.79 Å². The zero-order chi connectivity index (χ0) is 16.9. The molecule has 1 saturated heterocycles. The van der Waals surface area contributed by atoms with Crippen LogP contribution in [0.25, 0.3) is 0 Å². The molecule has 0 atom stereocenters. The van der Waals surface area contributed by atoms with Gasteiger partial charge in [0.05, 0.1) is 0 Å². The Bertz CT molecular complexity index is 724. The van der Waals surface area contributed by atoms with Crippen LogP contribution in [-0.4, -0.2) is 24.0 Å². The molecule has 0 saturated carbocycles. The van der Waals surface area contributed by atoms with Gasteiger partial charge in [-0.15, -0.1) is 0 Å². The number of carbonyl (C=O) groups excluding carboxylic acids is 1. The number of aryl methyl sites for hydroxylation is 1. The van der Waals surface area contributed by atoms with E-state index in [-0.39, 0.29) is 5.91 Å². The number of nitrogens with one attached hydrogen (secondary N) is 1. The highest BCUT2D eigenvalue weighted by Crippen LogP contribution is 2.22. The Balaban J connectivity index is 1.74. The van der Waals surface area contributed by atoms with Crippen LogP contribution >= 0.6 is 15.9 Å². The Morgan fingerprint density at radius 2 is 1.88 bits per heavy atom. The first-order valence-electron chi connectivity index (χ1n) is 8.42. The first-order chi connectivity index (χ1) is 11.6. The second-order valence-corrected chi connectivity index (χ2v) is 7.08. The molecule has 0 bridgehead atoms. The number of hydrogen-bond donors (Lipinski definition) is 1. The summed E-state index contributed by atoms with van der Waals surface area (Å²) in [6, 6.07) is 9.46. The summed E-state index contributed by atoms with van der Waals surface area (Å²) in [5.41, 5.74) is 2.53. The van der Waals surface area contributed by atoms with E-state index in [1.165, 1.54) is 25.7 Å². The lowest BCUT2D eigenvalue weighted by molar-refractivity contribution is 0.102. The van der Waals surface area contributed by atoms with E-state index < -0.39 is 0 Å². The zero-order valence-electron chi connectivity index (χ0n) is 13.9. The molecule has 3 rings (SSSR count). The van der Waals surface area contributed by atoms with Crippen molar-refractivity contribution in [3.05, 3.63) is 52.1 Å². The fourth-order valence-electron chi connectivity index (χ4n) is 2.96. The lowest BCUT2D eigenvalue weighted by Crippen LogP contribution is -2.25. The van der Waals surface area contributed by atoms with E-state index in [9.17, 15) is 4.79 Å². The Kier molecular flexibility index (Phi) is 5.51. The molecule has 0 aliphatic carbocycles. The van der Waals surface area contributed by atoms with Crippen LogP contribution in [0, 0.1) is 6.92 Å². The Hall–Kier alpha value is -1.88. The molecule has 1 aromatic carbocycles. The number of amides is 1. The molecule has 1 amide bonds. The van der Waals surface area contributed by atoms with Crippen molar-refractivity contribution in [3.63, 3.8) is 0 Å². The molecule has 0 radical (unpaired) electrons. The second kappa shape index (κ2) is 7.79. The largest absolute Gasteiger partial charge is 0.357 e. The van der Waals surface area contributed by atoms with Crippen molar-refractivity contribution in [2.45, 2.75) is 32.6 Å². The van der Waals surface area contributed by atoms with Crippen molar-refractivity contribution in [3.8, 4) is 0 Å². The van der Waals surface area contributed by atoms with Crippen molar-refractivity contribution in [2.75, 3.05) is 23.3 Å². The molecule has 0 unspecified atom stereocenters. The summed E-state index contributed by atoms with van der Waals surface area (Å²) in [6.07, 6.45) is 6.66. The van der Waals surface area contributed by atoms with Gasteiger partial charge in [0.15, 0.2) is 0 Å². The summed E-state index contributed by atoms with van der Waals surface area (Å²) in [5, 5.41) is 2.96. The van der Waals surface area contributed by atoms with E-state index in [1.807, 2.05) is 31.2 Å². The SMILES string of the molecule is Cc1cc(NC(=O)c2ccnc(N3CCCCCC3)c2)ccc1Br. The van der Waals surface area contributed by atoms with Gasteiger partial charge in [0.1, 0.15) is 5.82 Å². The maximum Gasteiger partial charge on any atom is 0.255 e. The smallest absolute Gasteiger partial charge is 0.255 e. The normalized spacial score (nSPS) is 15.0. The van der Waals surface area contributed by atoms with E-state index in [0.717, 1.165) is 34.6 Å². The molecule has 1 N–H and O–H groups in total. The highest BCUT2D eigenvalue weighted by Gasteiger charge is 2.14. The van der Waals surface area contributed by atoms with Crippen molar-refractivity contribution < 1.29 is 4.79 Å². The summed E-state index contributed by atoms with van der Waals surface area (Å²) >= 11 is 3.47. The van der Waals surface area contributed by atoms with Crippen LogP contribution < -0.4 is 10.2 Å². The minimum Gasteiger partial charge on any atom is -0.357 e. The van der Waals surface area contributed by atoms with Crippen molar-refractivity contribution in [1.29, 1.82) is 0 Å². The molecular weight excluding hydrogens is 366 g/mol. The Labute approximate surface area is 151 Å². The highest BCUT2D eigenvalue weighted by atomic mass is 79.9. The Morgan fingerprint density at radius 1 is 1.12 bits per heavy atom. The molecule has 126 valence electrons. The van der Waals surface area contributed by atoms with Crippen LogP contribution in [0.15, 0.2) is 41.0 Å². The summed E-state index contributed by atoms with van der Waals surface area (Å²) in [6.45, 7) is 4.04. The average Bonchev–Trinajstić information content (AvgIpc) is 2.88. The number of carbonyl (C=O) groups is 1. The summed E-state index contributed by atoms with van der Waals surface area (Å²) in [5.74, 6) is 0.798. The number of benzene rings is 1. The lowest BCUT2D eigenvalue weighted by Gasteiger charge is -2.21. The van der Waals surface area contributed by atoms with Crippen molar-refractivity contribution in [1.82, 2.24) is 4.98 Å². The lowest BCUT2D eigenvalue weighted by atomic mass is 10.2. The molecule has 2 aromatic rings. The third kappa shape index (κ3) is 4.15. The van der Waals surface area contributed by atoms with Gasteiger partial charge >= 0.3 is 0 Å². The van der Waals surface area contributed by atoms with Crippen molar-refractivity contribution >= 4 is 33.3 Å². The first kappa shape index (κ1) is 17.0. The monoisotopic (exact) mass is 387 g/mol. The highest BCUT2D eigenvalue weighted by molar-refractivity contribution is 9.10. The fraction of sp³-hybridized carbons (Fsp3) is 0.368. The molecular formula is C19H22BrN3O. The van der Waals surface area contributed by atoms with Crippen LogP contribution in [0.1, 0.15) is 41.6 Å². The average molecular weight is 388 g/mol. The fourth-order valence-corrected chi connectivity index (χ4v) is 3.20. The Morgan fingerprint density at radius 3 is 2.58 bits per heavy atom. The van der Waals surface area contributed by atoms with Crippen LogP contribution in [0.2, 0.25) is 0 Å². The van der Waals surface area contributed by atoms with Crippen LogP contribution in [0.5, 0.6) is 0 Å². The van der Waals surface area contributed by atoms with E-state index in [2.05, 4.69) is 31.1 Å². The predicted molar refractivity (Wildman–Crippen MR) is 102 cm³/mol. The quantitative estimate of drug-likeness (QED) is 0.823. The number of nitrogens with zero attached hydrogens (tertiary/aromatic N) is 2. The van der Waals surface area contributed by atoms with Crippen LogP contribution in [0.4, 0.5) is 11.5 Å². The maximum atomic E-state index is 12.5. The maximum absolute atomic E-state index is 12.5. The summed E-state index contributed by atoms with van der Waals surface area (Å²) < 4.78 is 1.04. The summed E-state index contributed by atoms with van der Waals surface area (Å²) in [7, 11) is 0. The van der Waals surface area contributed by atoms with Gasteiger partial charge in [0.25, 0.3) is 5.91 Å². The third-order valence-electron chi connectivity index (χ3n) is 4.35. The number of rotatable bonds is 3. The standard InChI is InChI=1S/C19H22BrN3O/c1-14-12-16(6-7-17(14)20)22-19(24)15-8-9-21-18(13-15)23-10-4-2-3-5-11-23/h6-9,12-13H,2-5,10-11H2,1H3,(H,22,24). The first-order valence-corrected chi connectivity index (χ1v) is 9.21. The topological polar surface area (TPSA) is 45.2 Å². The molecule has 1 fully saturated rings. The molecule has 5 heteroatoms. The molecule has 1 aliphatic rings. The van der Waals surface area contributed by atoms with Gasteiger partial charge in [0.2, 0.25) is 0 Å². The van der Waals surface area contributed by atoms with E-state index >= 15 is 0 Å². The number of pyridine rings is 1. The van der Waals surface area contributed by atoms with Gasteiger partial charge < -0.3 is 10.2 Å². The number of aromatic nitrogens is 1. The molecule has 0 spiro atoms. The molecule has 2 heterocycles. The van der Waals surface area contributed by atoms with E-state index in [0.29, 0.717) is 5.56 Å². The molecule has 4 nitrogen and oxygen atoms in total. The zero-order valence-corrected chi connectivity index (χ0v) is 15.5. The van der Waals surface area contributed by atoms with Crippen LogP contribution in [0.3, 0.4) is 0 Å². The van der Waals surface area contributed by atoms with Gasteiger partial charge in [-0.1, -0.05) is 28.8 Å². The third-order valence-corrected chi connectivity index (χ3v) is 5.24. The number of anilines is 2. The number of hydrogen-bond acceptors (Lipinski definition) is 3. The minimum atomic E-state index is -0.102. The molecule has 1 aromatic heterocycles. The van der Waals surface area contributed by atoms with Gasteiger partial charge in [-0.25, -0.2) is 4.98 Å². The van der Waals surface area contributed by atoms with Gasteiger partial charge in [-0.2, -0.15) is 0 Å². The number of halogens is 1. The van der Waals surface area contributed by atoms with Gasteiger partial charge in [0, 0.05) is 35.0 Å². The molecule has 24 heavy (non-hydrogen) atoms. The van der Waals surface area contributed by atoms with Crippen molar-refractivity contribution in [2.24, 2.45) is 0 Å². The van der Waals surface area contributed by atoms with Crippen LogP contribution in [-0.2, 0) is 0 Å². The second-order valence-electron chi connectivity index (χ2n) is 6.22.